The molecular weight excluding hydrogens is 284 g/mol. The Morgan fingerprint density at radius 3 is 2.70 bits per heavy atom. The van der Waals surface area contributed by atoms with Crippen molar-refractivity contribution in [3.05, 3.63) is 23.3 Å². The Morgan fingerprint density at radius 2 is 1.96 bits per heavy atom. The van der Waals surface area contributed by atoms with Crippen LogP contribution in [0.3, 0.4) is 0 Å². The summed E-state index contributed by atoms with van der Waals surface area (Å²) in [5.74, 6) is 2.25. The van der Waals surface area contributed by atoms with Gasteiger partial charge in [-0.2, -0.15) is 0 Å². The number of carbonyl (C=O) groups excluding carboxylic acids is 2. The van der Waals surface area contributed by atoms with Crippen LogP contribution in [0.1, 0.15) is 65.7 Å². The average Bonchev–Trinajstić information content (AvgIpc) is 2.85. The molecule has 2 saturated carbocycles. The zero-order valence-electron chi connectivity index (χ0n) is 14.7. The summed E-state index contributed by atoms with van der Waals surface area (Å²) in [5, 5.41) is 0. The summed E-state index contributed by atoms with van der Waals surface area (Å²) in [6.07, 6.45) is 11.7. The van der Waals surface area contributed by atoms with Gasteiger partial charge in [0.05, 0.1) is 0 Å². The van der Waals surface area contributed by atoms with Crippen LogP contribution in [-0.4, -0.2) is 11.6 Å². The first kappa shape index (κ1) is 15.4. The number of hydrogen-bond acceptors (Lipinski definition) is 2. The number of Topliss-reactive ketones (excluding diaryl/α,β-unsaturated/α-hetero) is 1. The van der Waals surface area contributed by atoms with E-state index >= 15 is 0 Å². The SMILES string of the molecule is CC(=O)[C@H]1CC[C@H]2[C@@H]3CCC4=CC(=O)CC[C@@]4(C)C3=CC[C@]12C. The molecule has 0 aliphatic heterocycles. The first-order valence-electron chi connectivity index (χ1n) is 9.31. The van der Waals surface area contributed by atoms with Crippen LogP contribution in [0.5, 0.6) is 0 Å². The van der Waals surface area contributed by atoms with Crippen LogP contribution in [0.25, 0.3) is 0 Å². The highest BCUT2D eigenvalue weighted by Gasteiger charge is 2.56. The molecule has 0 spiro atoms. The number of allylic oxidation sites excluding steroid dienone is 4. The quantitative estimate of drug-likeness (QED) is 0.661. The average molecular weight is 312 g/mol. The van der Waals surface area contributed by atoms with Crippen molar-refractivity contribution in [2.24, 2.45) is 28.6 Å². The summed E-state index contributed by atoms with van der Waals surface area (Å²) in [7, 11) is 0. The molecule has 4 aliphatic rings. The third-order valence-electron chi connectivity index (χ3n) is 7.82. The lowest BCUT2D eigenvalue weighted by Crippen LogP contribution is -2.45. The van der Waals surface area contributed by atoms with Crippen LogP contribution < -0.4 is 0 Å². The summed E-state index contributed by atoms with van der Waals surface area (Å²) in [5.41, 5.74) is 3.27. The molecule has 0 radical (unpaired) electrons. The first-order chi connectivity index (χ1) is 10.9. The third-order valence-corrected chi connectivity index (χ3v) is 7.82. The van der Waals surface area contributed by atoms with E-state index in [2.05, 4.69) is 19.9 Å². The standard InChI is InChI=1S/C21H28O2/c1-13(22)17-6-7-18-16-5-4-14-12-15(23)8-10-20(14,2)19(16)9-11-21(17,18)3/h9,12,16-18H,4-8,10-11H2,1-3H3/t16-,17+,18-,20+,21+/m0/s1. The van der Waals surface area contributed by atoms with E-state index in [1.807, 2.05) is 6.08 Å². The van der Waals surface area contributed by atoms with E-state index in [0.717, 1.165) is 25.7 Å². The maximum atomic E-state index is 12.1. The molecule has 2 heteroatoms. The van der Waals surface area contributed by atoms with Crippen molar-refractivity contribution in [2.45, 2.75) is 65.7 Å². The van der Waals surface area contributed by atoms with Gasteiger partial charge in [0.1, 0.15) is 5.78 Å². The number of carbonyl (C=O) groups is 2. The van der Waals surface area contributed by atoms with Crippen molar-refractivity contribution in [1.29, 1.82) is 0 Å². The molecule has 0 N–H and O–H groups in total. The summed E-state index contributed by atoms with van der Waals surface area (Å²) < 4.78 is 0. The number of fused-ring (bicyclic) bond motifs is 5. The van der Waals surface area contributed by atoms with Crippen LogP contribution in [0.2, 0.25) is 0 Å². The Labute approximate surface area is 139 Å². The van der Waals surface area contributed by atoms with Gasteiger partial charge in [-0.1, -0.05) is 31.1 Å². The van der Waals surface area contributed by atoms with Crippen molar-refractivity contribution >= 4 is 11.6 Å². The van der Waals surface area contributed by atoms with Crippen LogP contribution in [0.4, 0.5) is 0 Å². The summed E-state index contributed by atoms with van der Waals surface area (Å²) >= 11 is 0. The van der Waals surface area contributed by atoms with E-state index < -0.39 is 0 Å². The monoisotopic (exact) mass is 312 g/mol. The predicted octanol–water partition coefficient (Wildman–Crippen LogP) is 4.64. The normalized spacial score (nSPS) is 45.5. The summed E-state index contributed by atoms with van der Waals surface area (Å²) in [4.78, 5) is 24.0. The minimum Gasteiger partial charge on any atom is -0.300 e. The Balaban J connectivity index is 1.74. The molecule has 0 saturated heterocycles. The second-order valence-electron chi connectivity index (χ2n) is 8.83. The molecule has 2 fully saturated rings. The fraction of sp³-hybridized carbons (Fsp3) is 0.714. The van der Waals surface area contributed by atoms with Crippen LogP contribution in [0, 0.1) is 28.6 Å². The highest BCUT2D eigenvalue weighted by atomic mass is 16.1. The molecule has 0 aromatic heterocycles. The fourth-order valence-corrected chi connectivity index (χ4v) is 6.52. The first-order valence-corrected chi connectivity index (χ1v) is 9.31. The van der Waals surface area contributed by atoms with Gasteiger partial charge < -0.3 is 0 Å². The van der Waals surface area contributed by atoms with Gasteiger partial charge in [0.25, 0.3) is 0 Å². The molecule has 0 aromatic rings. The maximum Gasteiger partial charge on any atom is 0.155 e. The van der Waals surface area contributed by atoms with Gasteiger partial charge in [0.15, 0.2) is 5.78 Å². The van der Waals surface area contributed by atoms with Crippen molar-refractivity contribution in [2.75, 3.05) is 0 Å². The van der Waals surface area contributed by atoms with Crippen molar-refractivity contribution in [3.63, 3.8) is 0 Å². The van der Waals surface area contributed by atoms with E-state index in [1.54, 1.807) is 12.5 Å². The molecule has 5 atom stereocenters. The fourth-order valence-electron chi connectivity index (χ4n) is 6.52. The molecular formula is C21H28O2. The summed E-state index contributed by atoms with van der Waals surface area (Å²) in [6.45, 7) is 6.51. The molecule has 4 rings (SSSR count). The molecule has 23 heavy (non-hydrogen) atoms. The van der Waals surface area contributed by atoms with Crippen LogP contribution in [-0.2, 0) is 9.59 Å². The van der Waals surface area contributed by atoms with E-state index in [4.69, 9.17) is 0 Å². The Morgan fingerprint density at radius 1 is 1.17 bits per heavy atom. The topological polar surface area (TPSA) is 34.1 Å². The molecule has 0 amide bonds. The second kappa shape index (κ2) is 4.91. The molecule has 2 nitrogen and oxygen atoms in total. The zero-order chi connectivity index (χ0) is 16.4. The second-order valence-corrected chi connectivity index (χ2v) is 8.83. The lowest BCUT2D eigenvalue weighted by atomic mass is 9.51. The smallest absolute Gasteiger partial charge is 0.155 e. The molecule has 0 unspecified atom stereocenters. The van der Waals surface area contributed by atoms with E-state index in [0.29, 0.717) is 29.8 Å². The predicted molar refractivity (Wildman–Crippen MR) is 90.9 cm³/mol. The summed E-state index contributed by atoms with van der Waals surface area (Å²) in [6, 6.07) is 0. The molecule has 0 bridgehead atoms. The third kappa shape index (κ3) is 1.99. The van der Waals surface area contributed by atoms with Crippen molar-refractivity contribution < 1.29 is 9.59 Å². The Bertz CT molecular complexity index is 640. The van der Waals surface area contributed by atoms with E-state index in [9.17, 15) is 9.59 Å². The van der Waals surface area contributed by atoms with Crippen LogP contribution >= 0.6 is 0 Å². The van der Waals surface area contributed by atoms with Gasteiger partial charge in [0.2, 0.25) is 0 Å². The highest BCUT2D eigenvalue weighted by molar-refractivity contribution is 5.92. The van der Waals surface area contributed by atoms with Gasteiger partial charge in [-0.3, -0.25) is 9.59 Å². The zero-order valence-corrected chi connectivity index (χ0v) is 14.7. The van der Waals surface area contributed by atoms with Crippen LogP contribution in [0.15, 0.2) is 23.3 Å². The largest absolute Gasteiger partial charge is 0.300 e. The lowest BCUT2D eigenvalue weighted by molar-refractivity contribution is -0.124. The molecule has 0 heterocycles. The number of ketones is 2. The number of hydrogen-bond donors (Lipinski definition) is 0. The van der Waals surface area contributed by atoms with Gasteiger partial charge in [-0.15, -0.1) is 0 Å². The molecule has 124 valence electrons. The molecule has 4 aliphatic carbocycles. The maximum absolute atomic E-state index is 12.1. The minimum atomic E-state index is 0.118. The Hall–Kier alpha value is -1.18. The minimum absolute atomic E-state index is 0.118. The van der Waals surface area contributed by atoms with Crippen molar-refractivity contribution in [1.82, 2.24) is 0 Å². The molecule has 0 aromatic carbocycles. The van der Waals surface area contributed by atoms with Crippen molar-refractivity contribution in [3.8, 4) is 0 Å². The Kier molecular flexibility index (Phi) is 3.28. The lowest BCUT2D eigenvalue weighted by Gasteiger charge is -2.53. The highest BCUT2D eigenvalue weighted by Crippen LogP contribution is 2.64. The van der Waals surface area contributed by atoms with E-state index in [-0.39, 0.29) is 16.7 Å². The van der Waals surface area contributed by atoms with Gasteiger partial charge in [0, 0.05) is 17.8 Å². The van der Waals surface area contributed by atoms with Gasteiger partial charge in [-0.05, 0) is 68.8 Å². The number of rotatable bonds is 1. The van der Waals surface area contributed by atoms with Gasteiger partial charge in [-0.25, -0.2) is 0 Å². The van der Waals surface area contributed by atoms with Gasteiger partial charge >= 0.3 is 0 Å². The van der Waals surface area contributed by atoms with E-state index in [1.165, 1.54) is 18.4 Å².